The van der Waals surface area contributed by atoms with Crippen LogP contribution < -0.4 is 5.73 Å². The van der Waals surface area contributed by atoms with E-state index < -0.39 is 0 Å². The standard InChI is InChI=1S/C13H18FN3S/c1-18-9-4-2-3-8-17-11-7-5-6-10(14)12(11)16-13(17)15/h5-7H,2-4,8-9H2,1H3,(H2,15,16). The molecule has 0 radical (unpaired) electrons. The molecule has 18 heavy (non-hydrogen) atoms. The number of nitrogen functional groups attached to an aromatic ring is 1. The molecule has 0 fully saturated rings. The summed E-state index contributed by atoms with van der Waals surface area (Å²) in [7, 11) is 0. The average molecular weight is 267 g/mol. The van der Waals surface area contributed by atoms with Crippen LogP contribution in [0.5, 0.6) is 0 Å². The molecule has 0 saturated carbocycles. The summed E-state index contributed by atoms with van der Waals surface area (Å²) in [6, 6.07) is 4.98. The minimum atomic E-state index is -0.305. The van der Waals surface area contributed by atoms with Crippen molar-refractivity contribution in [3.63, 3.8) is 0 Å². The highest BCUT2D eigenvalue weighted by Crippen LogP contribution is 2.21. The van der Waals surface area contributed by atoms with Gasteiger partial charge in [-0.05, 0) is 37.0 Å². The van der Waals surface area contributed by atoms with Crippen molar-refractivity contribution < 1.29 is 4.39 Å². The number of unbranched alkanes of at least 4 members (excludes halogenated alkanes) is 2. The first kappa shape index (κ1) is 13.2. The number of imidazole rings is 1. The Morgan fingerprint density at radius 2 is 2.17 bits per heavy atom. The number of anilines is 1. The number of aromatic nitrogens is 2. The van der Waals surface area contributed by atoms with Gasteiger partial charge in [-0.3, -0.25) is 0 Å². The van der Waals surface area contributed by atoms with Gasteiger partial charge in [0.25, 0.3) is 0 Å². The van der Waals surface area contributed by atoms with Gasteiger partial charge in [0.2, 0.25) is 5.95 Å². The van der Waals surface area contributed by atoms with Gasteiger partial charge in [-0.15, -0.1) is 0 Å². The Morgan fingerprint density at radius 3 is 2.94 bits per heavy atom. The smallest absolute Gasteiger partial charge is 0.201 e. The summed E-state index contributed by atoms with van der Waals surface area (Å²) in [5.74, 6) is 1.29. The Morgan fingerprint density at radius 1 is 1.33 bits per heavy atom. The Hall–Kier alpha value is -1.23. The fourth-order valence-corrected chi connectivity index (χ4v) is 2.55. The molecule has 5 heteroatoms. The Labute approximate surface area is 111 Å². The summed E-state index contributed by atoms with van der Waals surface area (Å²) in [6.45, 7) is 0.806. The SMILES string of the molecule is CSCCCCCn1c(N)nc2c(F)cccc21. The minimum absolute atomic E-state index is 0.305. The van der Waals surface area contributed by atoms with Gasteiger partial charge >= 0.3 is 0 Å². The van der Waals surface area contributed by atoms with E-state index in [2.05, 4.69) is 11.2 Å². The second-order valence-electron chi connectivity index (χ2n) is 4.28. The summed E-state index contributed by atoms with van der Waals surface area (Å²) < 4.78 is 15.4. The molecule has 0 bridgehead atoms. The van der Waals surface area contributed by atoms with Crippen LogP contribution in [-0.2, 0) is 6.54 Å². The molecule has 98 valence electrons. The number of fused-ring (bicyclic) bond motifs is 1. The van der Waals surface area contributed by atoms with Crippen LogP contribution in [0.4, 0.5) is 10.3 Å². The molecule has 0 aliphatic rings. The maximum Gasteiger partial charge on any atom is 0.201 e. The third kappa shape index (κ3) is 2.77. The highest BCUT2D eigenvalue weighted by Gasteiger charge is 2.10. The van der Waals surface area contributed by atoms with Gasteiger partial charge < -0.3 is 10.3 Å². The first-order chi connectivity index (χ1) is 8.74. The predicted octanol–water partition coefficient (Wildman–Crippen LogP) is 3.29. The van der Waals surface area contributed by atoms with Gasteiger partial charge in [-0.2, -0.15) is 11.8 Å². The van der Waals surface area contributed by atoms with Crippen molar-refractivity contribution in [2.75, 3.05) is 17.7 Å². The molecule has 0 atom stereocenters. The van der Waals surface area contributed by atoms with Gasteiger partial charge in [-0.25, -0.2) is 9.37 Å². The molecule has 0 unspecified atom stereocenters. The van der Waals surface area contributed by atoms with E-state index in [1.165, 1.54) is 18.2 Å². The highest BCUT2D eigenvalue weighted by molar-refractivity contribution is 7.98. The van der Waals surface area contributed by atoms with E-state index in [4.69, 9.17) is 5.73 Å². The number of thioether (sulfide) groups is 1. The van der Waals surface area contributed by atoms with Crippen molar-refractivity contribution in [2.24, 2.45) is 0 Å². The zero-order valence-electron chi connectivity index (χ0n) is 10.5. The number of benzene rings is 1. The third-order valence-corrected chi connectivity index (χ3v) is 3.69. The van der Waals surface area contributed by atoms with Gasteiger partial charge in [-0.1, -0.05) is 12.5 Å². The van der Waals surface area contributed by atoms with Gasteiger partial charge in [0.15, 0.2) is 5.82 Å². The normalized spacial score (nSPS) is 11.2. The number of hydrogen-bond donors (Lipinski definition) is 1. The molecule has 0 aliphatic carbocycles. The lowest BCUT2D eigenvalue weighted by atomic mass is 10.2. The minimum Gasteiger partial charge on any atom is -0.369 e. The van der Waals surface area contributed by atoms with Crippen molar-refractivity contribution in [3.8, 4) is 0 Å². The summed E-state index contributed by atoms with van der Waals surface area (Å²) in [4.78, 5) is 4.09. The van der Waals surface area contributed by atoms with Gasteiger partial charge in [0.05, 0.1) is 5.52 Å². The average Bonchev–Trinajstić information content (AvgIpc) is 2.68. The third-order valence-electron chi connectivity index (χ3n) is 2.99. The van der Waals surface area contributed by atoms with Crippen LogP contribution in [0.3, 0.4) is 0 Å². The Bertz CT molecular complexity index is 524. The largest absolute Gasteiger partial charge is 0.369 e. The number of para-hydroxylation sites is 1. The number of rotatable bonds is 6. The van der Waals surface area contributed by atoms with E-state index in [1.54, 1.807) is 6.07 Å². The zero-order valence-corrected chi connectivity index (χ0v) is 11.3. The molecular weight excluding hydrogens is 249 g/mol. The zero-order chi connectivity index (χ0) is 13.0. The molecule has 1 aromatic carbocycles. The molecule has 2 rings (SSSR count). The van der Waals surface area contributed by atoms with Gasteiger partial charge in [0, 0.05) is 6.54 Å². The molecule has 1 aromatic heterocycles. The summed E-state index contributed by atoms with van der Waals surface area (Å²) in [5, 5.41) is 0. The highest BCUT2D eigenvalue weighted by atomic mass is 32.2. The monoisotopic (exact) mass is 267 g/mol. The molecule has 1 heterocycles. The van der Waals surface area contributed by atoms with Crippen LogP contribution in [0, 0.1) is 5.82 Å². The number of aryl methyl sites for hydroxylation is 1. The van der Waals surface area contributed by atoms with Crippen LogP contribution in [0.25, 0.3) is 11.0 Å². The first-order valence-corrected chi connectivity index (χ1v) is 7.52. The molecule has 3 nitrogen and oxygen atoms in total. The summed E-state index contributed by atoms with van der Waals surface area (Å²) in [6.07, 6.45) is 5.54. The summed E-state index contributed by atoms with van der Waals surface area (Å²) in [5.41, 5.74) is 7.01. The van der Waals surface area contributed by atoms with E-state index in [1.807, 2.05) is 22.4 Å². The fourth-order valence-electron chi connectivity index (χ4n) is 2.06. The lowest BCUT2D eigenvalue weighted by Crippen LogP contribution is -2.03. The van der Waals surface area contributed by atoms with Crippen molar-refractivity contribution in [1.29, 1.82) is 0 Å². The topological polar surface area (TPSA) is 43.8 Å². The quantitative estimate of drug-likeness (QED) is 0.817. The Balaban J connectivity index is 2.08. The van der Waals surface area contributed by atoms with Crippen LogP contribution >= 0.6 is 11.8 Å². The van der Waals surface area contributed by atoms with Crippen LogP contribution in [0.2, 0.25) is 0 Å². The maximum atomic E-state index is 13.5. The van der Waals surface area contributed by atoms with Crippen LogP contribution in [0.15, 0.2) is 18.2 Å². The van der Waals surface area contributed by atoms with Gasteiger partial charge in [0.1, 0.15) is 5.52 Å². The van der Waals surface area contributed by atoms with Crippen LogP contribution in [0.1, 0.15) is 19.3 Å². The predicted molar refractivity (Wildman–Crippen MR) is 76.3 cm³/mol. The molecule has 0 aliphatic heterocycles. The number of hydrogen-bond acceptors (Lipinski definition) is 3. The fraction of sp³-hybridized carbons (Fsp3) is 0.462. The van der Waals surface area contributed by atoms with E-state index in [-0.39, 0.29) is 5.82 Å². The van der Waals surface area contributed by atoms with E-state index in [9.17, 15) is 4.39 Å². The van der Waals surface area contributed by atoms with Crippen molar-refractivity contribution in [2.45, 2.75) is 25.8 Å². The maximum absolute atomic E-state index is 13.5. The number of nitrogens with zero attached hydrogens (tertiary/aromatic N) is 2. The first-order valence-electron chi connectivity index (χ1n) is 6.13. The molecular formula is C13H18FN3S. The van der Waals surface area contributed by atoms with E-state index in [0.29, 0.717) is 11.5 Å². The molecule has 0 spiro atoms. The molecule has 0 amide bonds. The summed E-state index contributed by atoms with van der Waals surface area (Å²) >= 11 is 1.86. The van der Waals surface area contributed by atoms with Crippen molar-refractivity contribution >= 4 is 28.7 Å². The van der Waals surface area contributed by atoms with Crippen molar-refractivity contribution in [3.05, 3.63) is 24.0 Å². The molecule has 2 aromatic rings. The Kier molecular flexibility index (Phi) is 4.47. The molecule has 2 N–H and O–H groups in total. The lowest BCUT2D eigenvalue weighted by molar-refractivity contribution is 0.620. The number of nitrogens with two attached hydrogens (primary N) is 1. The lowest BCUT2D eigenvalue weighted by Gasteiger charge is -2.06. The van der Waals surface area contributed by atoms with Crippen molar-refractivity contribution in [1.82, 2.24) is 9.55 Å². The van der Waals surface area contributed by atoms with E-state index >= 15 is 0 Å². The second kappa shape index (κ2) is 6.09. The van der Waals surface area contributed by atoms with E-state index in [0.717, 1.165) is 24.9 Å². The molecule has 0 saturated heterocycles. The van der Waals surface area contributed by atoms with Crippen LogP contribution in [-0.4, -0.2) is 21.6 Å². The second-order valence-corrected chi connectivity index (χ2v) is 5.27. The number of halogens is 1.